The third-order valence-corrected chi connectivity index (χ3v) is 2.59. The van der Waals surface area contributed by atoms with Crippen molar-refractivity contribution in [3.63, 3.8) is 0 Å². The Morgan fingerprint density at radius 3 is 2.79 bits per heavy atom. The summed E-state index contributed by atoms with van der Waals surface area (Å²) in [5.41, 5.74) is 6.20. The molecule has 1 aromatic rings. The largest absolute Gasteiger partial charge is 0.362 e. The summed E-state index contributed by atoms with van der Waals surface area (Å²) in [7, 11) is 0. The van der Waals surface area contributed by atoms with Crippen LogP contribution < -0.4 is 16.0 Å². The van der Waals surface area contributed by atoms with E-state index < -0.39 is 0 Å². The van der Waals surface area contributed by atoms with Crippen molar-refractivity contribution in [3.05, 3.63) is 30.1 Å². The average Bonchev–Trinajstić information content (AvgIpc) is 2.33. The van der Waals surface area contributed by atoms with E-state index in [1.165, 1.54) is 12.1 Å². The van der Waals surface area contributed by atoms with Gasteiger partial charge in [-0.15, -0.1) is 0 Å². The molecule has 1 aromatic carbocycles. The Morgan fingerprint density at radius 1 is 1.47 bits per heavy atom. The average molecular weight is 267 g/mol. The topological polar surface area (TPSA) is 58.4 Å². The first-order valence-electron chi connectivity index (χ1n) is 6.53. The number of hydrogen-bond acceptors (Lipinski definition) is 3. The van der Waals surface area contributed by atoms with E-state index in [9.17, 15) is 9.18 Å². The minimum absolute atomic E-state index is 0.0729. The van der Waals surface area contributed by atoms with Crippen LogP contribution in [0.2, 0.25) is 0 Å². The van der Waals surface area contributed by atoms with Crippen LogP contribution in [-0.4, -0.2) is 31.6 Å². The first kappa shape index (κ1) is 15.4. The van der Waals surface area contributed by atoms with Crippen molar-refractivity contribution in [2.24, 2.45) is 5.73 Å². The highest BCUT2D eigenvalue weighted by atomic mass is 19.1. The number of halogens is 1. The molecule has 0 heterocycles. The van der Waals surface area contributed by atoms with E-state index in [-0.39, 0.29) is 24.3 Å². The molecule has 0 unspecified atom stereocenters. The van der Waals surface area contributed by atoms with Gasteiger partial charge >= 0.3 is 0 Å². The van der Waals surface area contributed by atoms with E-state index in [1.807, 2.05) is 18.7 Å². The molecule has 0 fully saturated rings. The van der Waals surface area contributed by atoms with Crippen LogP contribution in [0.1, 0.15) is 20.3 Å². The molecule has 0 atom stereocenters. The van der Waals surface area contributed by atoms with Crippen molar-refractivity contribution >= 4 is 11.6 Å². The van der Waals surface area contributed by atoms with E-state index >= 15 is 0 Å². The summed E-state index contributed by atoms with van der Waals surface area (Å²) in [5.74, 6) is -0.379. The maximum Gasteiger partial charge on any atom is 0.239 e. The molecule has 0 aliphatic carbocycles. The van der Waals surface area contributed by atoms with E-state index in [1.54, 1.807) is 12.1 Å². The van der Waals surface area contributed by atoms with Crippen molar-refractivity contribution in [1.82, 2.24) is 5.32 Å². The lowest BCUT2D eigenvalue weighted by molar-refractivity contribution is -0.120. The molecule has 0 saturated carbocycles. The number of amides is 1. The van der Waals surface area contributed by atoms with Crippen molar-refractivity contribution in [2.45, 2.75) is 26.3 Å². The normalized spacial score (nSPS) is 10.6. The molecule has 4 nitrogen and oxygen atoms in total. The number of nitrogens with zero attached hydrogens (tertiary/aromatic N) is 1. The zero-order valence-electron chi connectivity index (χ0n) is 11.5. The monoisotopic (exact) mass is 267 g/mol. The summed E-state index contributed by atoms with van der Waals surface area (Å²) >= 11 is 0. The Balaban J connectivity index is 2.74. The summed E-state index contributed by atoms with van der Waals surface area (Å²) in [6.07, 6.45) is 0.755. The Kier molecular flexibility index (Phi) is 6.29. The third kappa shape index (κ3) is 5.70. The molecule has 0 aliphatic heterocycles. The minimum atomic E-state index is -0.306. The van der Waals surface area contributed by atoms with Gasteiger partial charge in [0, 0.05) is 18.3 Å². The number of benzene rings is 1. The highest BCUT2D eigenvalue weighted by Crippen LogP contribution is 2.15. The number of anilines is 1. The Morgan fingerprint density at radius 2 is 2.21 bits per heavy atom. The van der Waals surface area contributed by atoms with Crippen LogP contribution in [0.15, 0.2) is 24.3 Å². The summed E-state index contributed by atoms with van der Waals surface area (Å²) < 4.78 is 13.2. The molecular weight excluding hydrogens is 245 g/mol. The first-order chi connectivity index (χ1) is 9.02. The maximum absolute atomic E-state index is 13.2. The second-order valence-corrected chi connectivity index (χ2v) is 4.77. The van der Waals surface area contributed by atoms with Crippen molar-refractivity contribution in [2.75, 3.05) is 24.5 Å². The fraction of sp³-hybridized carbons (Fsp3) is 0.500. The summed E-state index contributed by atoms with van der Waals surface area (Å²) in [6, 6.07) is 6.34. The van der Waals surface area contributed by atoms with Gasteiger partial charge in [0.05, 0.1) is 6.54 Å². The molecule has 0 spiro atoms. The summed E-state index contributed by atoms with van der Waals surface area (Å²) in [6.45, 7) is 5.19. The smallest absolute Gasteiger partial charge is 0.239 e. The van der Waals surface area contributed by atoms with Gasteiger partial charge in [-0.25, -0.2) is 4.39 Å². The number of rotatable bonds is 7. The van der Waals surface area contributed by atoms with Gasteiger partial charge in [-0.1, -0.05) is 6.07 Å². The number of nitrogens with one attached hydrogen (secondary N) is 1. The van der Waals surface area contributed by atoms with E-state index in [4.69, 9.17) is 5.73 Å². The van der Waals surface area contributed by atoms with Crippen LogP contribution >= 0.6 is 0 Å². The van der Waals surface area contributed by atoms with Crippen molar-refractivity contribution in [3.8, 4) is 0 Å². The molecule has 0 aromatic heterocycles. The lowest BCUT2D eigenvalue weighted by Crippen LogP contribution is -2.41. The van der Waals surface area contributed by atoms with Crippen LogP contribution in [0.3, 0.4) is 0 Å². The standard InChI is InChI=1S/C14H22FN3O/c1-11(2)17-14(19)10-18(8-4-7-16)13-6-3-5-12(15)9-13/h3,5-6,9,11H,4,7-8,10,16H2,1-2H3,(H,17,19). The van der Waals surface area contributed by atoms with Gasteiger partial charge in [-0.05, 0) is 45.0 Å². The first-order valence-corrected chi connectivity index (χ1v) is 6.53. The fourth-order valence-electron chi connectivity index (χ4n) is 1.80. The van der Waals surface area contributed by atoms with Crippen LogP contribution in [0.5, 0.6) is 0 Å². The molecule has 106 valence electrons. The molecule has 0 bridgehead atoms. The third-order valence-electron chi connectivity index (χ3n) is 2.59. The zero-order chi connectivity index (χ0) is 14.3. The van der Waals surface area contributed by atoms with E-state index in [0.29, 0.717) is 18.8 Å². The van der Waals surface area contributed by atoms with Gasteiger partial charge < -0.3 is 16.0 Å². The van der Waals surface area contributed by atoms with Gasteiger partial charge in [-0.2, -0.15) is 0 Å². The quantitative estimate of drug-likeness (QED) is 0.787. The molecule has 5 heteroatoms. The fourth-order valence-corrected chi connectivity index (χ4v) is 1.80. The Labute approximate surface area is 113 Å². The Hall–Kier alpha value is -1.62. The minimum Gasteiger partial charge on any atom is -0.362 e. The van der Waals surface area contributed by atoms with Crippen LogP contribution in [0.4, 0.5) is 10.1 Å². The van der Waals surface area contributed by atoms with Crippen LogP contribution in [0, 0.1) is 5.82 Å². The van der Waals surface area contributed by atoms with Gasteiger partial charge in [0.15, 0.2) is 0 Å². The predicted octanol–water partition coefficient (Wildman–Crippen LogP) is 1.51. The summed E-state index contributed by atoms with van der Waals surface area (Å²) in [5, 5.41) is 2.83. The zero-order valence-corrected chi connectivity index (χ0v) is 11.5. The second-order valence-electron chi connectivity index (χ2n) is 4.77. The number of hydrogen-bond donors (Lipinski definition) is 2. The molecule has 1 rings (SSSR count). The molecule has 19 heavy (non-hydrogen) atoms. The second kappa shape index (κ2) is 7.74. The molecular formula is C14H22FN3O. The number of carbonyl (C=O) groups is 1. The highest BCUT2D eigenvalue weighted by Gasteiger charge is 2.12. The van der Waals surface area contributed by atoms with Crippen molar-refractivity contribution in [1.29, 1.82) is 0 Å². The molecule has 0 aliphatic rings. The number of nitrogens with two attached hydrogens (primary N) is 1. The highest BCUT2D eigenvalue weighted by molar-refractivity contribution is 5.81. The predicted molar refractivity (Wildman–Crippen MR) is 75.6 cm³/mol. The molecule has 0 radical (unpaired) electrons. The Bertz CT molecular complexity index is 409. The molecule has 3 N–H and O–H groups in total. The SMILES string of the molecule is CC(C)NC(=O)CN(CCCN)c1cccc(F)c1. The molecule has 0 saturated heterocycles. The lowest BCUT2D eigenvalue weighted by Gasteiger charge is -2.24. The maximum atomic E-state index is 13.2. The van der Waals surface area contributed by atoms with Crippen molar-refractivity contribution < 1.29 is 9.18 Å². The number of carbonyl (C=O) groups excluding carboxylic acids is 1. The van der Waals surface area contributed by atoms with Gasteiger partial charge in [0.2, 0.25) is 5.91 Å². The molecule has 1 amide bonds. The van der Waals surface area contributed by atoms with Gasteiger partial charge in [0.25, 0.3) is 0 Å². The van der Waals surface area contributed by atoms with Crippen LogP contribution in [-0.2, 0) is 4.79 Å². The summed E-state index contributed by atoms with van der Waals surface area (Å²) in [4.78, 5) is 13.6. The lowest BCUT2D eigenvalue weighted by atomic mass is 10.2. The van der Waals surface area contributed by atoms with E-state index in [0.717, 1.165) is 6.42 Å². The van der Waals surface area contributed by atoms with Crippen LogP contribution in [0.25, 0.3) is 0 Å². The van der Waals surface area contributed by atoms with E-state index in [2.05, 4.69) is 5.32 Å². The van der Waals surface area contributed by atoms with Gasteiger partial charge in [0.1, 0.15) is 5.82 Å². The van der Waals surface area contributed by atoms with Gasteiger partial charge in [-0.3, -0.25) is 4.79 Å².